The van der Waals surface area contributed by atoms with Crippen LogP contribution in [0.5, 0.6) is 0 Å². The van der Waals surface area contributed by atoms with Crippen LogP contribution in [0, 0.1) is 0 Å². The molecule has 1 rings (SSSR count). The minimum absolute atomic E-state index is 0.248. The predicted molar refractivity (Wildman–Crippen MR) is 114 cm³/mol. The zero-order valence-corrected chi connectivity index (χ0v) is 18.4. The lowest BCUT2D eigenvalue weighted by Crippen LogP contribution is -2.28. The van der Waals surface area contributed by atoms with Crippen LogP contribution in [-0.4, -0.2) is 58.0 Å². The maximum Gasteiger partial charge on any atom is 0.281 e. The second-order valence-corrected chi connectivity index (χ2v) is 8.41. The molecule has 2 amide bonds. The summed E-state index contributed by atoms with van der Waals surface area (Å²) in [5.74, 6) is 1.84. The van der Waals surface area contributed by atoms with E-state index in [1.54, 1.807) is 0 Å². The lowest BCUT2D eigenvalue weighted by atomic mass is 10.2. The number of carbonyl (C=O) groups is 2. The summed E-state index contributed by atoms with van der Waals surface area (Å²) in [6.07, 6.45) is 8.31. The molecule has 0 aromatic carbocycles. The summed E-state index contributed by atoms with van der Waals surface area (Å²) in [4.78, 5) is 26.9. The molecule has 25 heavy (non-hydrogen) atoms. The zero-order chi connectivity index (χ0) is 18.9. The zero-order valence-electron chi connectivity index (χ0n) is 16.7. The van der Waals surface area contributed by atoms with Crippen molar-refractivity contribution >= 4 is 34.0 Å². The summed E-state index contributed by atoms with van der Waals surface area (Å²) in [6.45, 7) is 12.0. The lowest BCUT2D eigenvalue weighted by molar-refractivity contribution is 0.224. The smallest absolute Gasteiger partial charge is 0.281 e. The maximum atomic E-state index is 11.5. The van der Waals surface area contributed by atoms with Crippen molar-refractivity contribution in [1.29, 1.82) is 0 Å². The van der Waals surface area contributed by atoms with Crippen LogP contribution in [0.15, 0.2) is 0 Å². The summed E-state index contributed by atoms with van der Waals surface area (Å²) >= 11 is 2.88. The fraction of sp³-hybridized carbons (Fsp3) is 0.895. The van der Waals surface area contributed by atoms with Crippen molar-refractivity contribution in [2.45, 2.75) is 72.6 Å². The molecule has 148 valence electrons. The van der Waals surface area contributed by atoms with E-state index < -0.39 is 0 Å². The highest BCUT2D eigenvalue weighted by Gasteiger charge is 2.14. The Morgan fingerprint density at radius 3 is 2.04 bits per heavy atom. The average molecular weight is 391 g/mol. The molecular weight excluding hydrogens is 352 g/mol. The molecule has 0 spiro atoms. The monoisotopic (exact) mass is 390 g/mol. The Kier molecular flexibility index (Phi) is 16.8. The normalized spacial score (nSPS) is 14.3. The summed E-state index contributed by atoms with van der Waals surface area (Å²) in [5, 5.41) is 0.525. The van der Waals surface area contributed by atoms with Gasteiger partial charge in [0, 0.05) is 31.9 Å². The molecule has 0 unspecified atom stereocenters. The molecule has 0 N–H and O–H groups in total. The predicted octanol–water partition coefficient (Wildman–Crippen LogP) is 6.11. The van der Waals surface area contributed by atoms with Gasteiger partial charge in [0.25, 0.3) is 10.5 Å². The Morgan fingerprint density at radius 2 is 1.56 bits per heavy atom. The number of thioether (sulfide) groups is 2. The Balaban J connectivity index is 0.000000462. The van der Waals surface area contributed by atoms with Crippen molar-refractivity contribution in [3.8, 4) is 0 Å². The minimum Gasteiger partial charge on any atom is -0.334 e. The van der Waals surface area contributed by atoms with Crippen LogP contribution in [0.4, 0.5) is 9.59 Å². The molecule has 0 saturated carbocycles. The van der Waals surface area contributed by atoms with Crippen molar-refractivity contribution < 1.29 is 9.59 Å². The van der Waals surface area contributed by atoms with E-state index in [1.807, 2.05) is 23.6 Å². The van der Waals surface area contributed by atoms with E-state index in [2.05, 4.69) is 13.8 Å². The highest BCUT2D eigenvalue weighted by atomic mass is 32.2. The Morgan fingerprint density at radius 1 is 0.920 bits per heavy atom. The van der Waals surface area contributed by atoms with E-state index in [4.69, 9.17) is 0 Å². The first-order chi connectivity index (χ1) is 12.1. The van der Waals surface area contributed by atoms with E-state index in [1.165, 1.54) is 49.2 Å². The van der Waals surface area contributed by atoms with Crippen LogP contribution in [0.3, 0.4) is 0 Å². The Labute approximate surface area is 163 Å². The van der Waals surface area contributed by atoms with Crippen LogP contribution in [0.1, 0.15) is 72.6 Å². The van der Waals surface area contributed by atoms with Crippen molar-refractivity contribution in [3.05, 3.63) is 0 Å². The molecule has 0 aliphatic carbocycles. The van der Waals surface area contributed by atoms with E-state index in [0.29, 0.717) is 0 Å². The number of hydrogen-bond donors (Lipinski definition) is 0. The van der Waals surface area contributed by atoms with Gasteiger partial charge in [-0.1, -0.05) is 63.6 Å². The number of unbranched alkanes of at least 4 members (excludes halogenated alkanes) is 1. The standard InChI is InChI=1S/C10H21NOS.C9H17NOS/c1-4-7-8-11(6-3)10(12)13-9-5-2;1-2-12-9(11)10-7-5-3-4-6-8-10/h4-9H2,1-3H3;2-8H2,1H3. The van der Waals surface area contributed by atoms with Gasteiger partial charge in [-0.25, -0.2) is 0 Å². The van der Waals surface area contributed by atoms with Gasteiger partial charge in [0.2, 0.25) is 0 Å². The first-order valence-electron chi connectivity index (χ1n) is 9.93. The number of likely N-dealkylation sites (tertiary alicyclic amines) is 1. The second-order valence-electron chi connectivity index (χ2n) is 6.15. The maximum absolute atomic E-state index is 11.5. The van der Waals surface area contributed by atoms with Gasteiger partial charge in [0.1, 0.15) is 0 Å². The summed E-state index contributed by atoms with van der Waals surface area (Å²) in [5.41, 5.74) is 0. The molecule has 0 bridgehead atoms. The van der Waals surface area contributed by atoms with E-state index in [-0.39, 0.29) is 10.5 Å². The molecule has 0 atom stereocenters. The Bertz CT molecular complexity index is 346. The molecule has 4 nitrogen and oxygen atoms in total. The SMILES string of the molecule is CCCCN(CC)C(=O)SCCC.CCSC(=O)N1CCCCCC1. The van der Waals surface area contributed by atoms with E-state index >= 15 is 0 Å². The quantitative estimate of drug-likeness (QED) is 0.526. The first kappa shape index (κ1) is 24.6. The fourth-order valence-corrected chi connectivity index (χ4v) is 3.87. The average Bonchev–Trinajstić information content (AvgIpc) is 2.91. The number of carbonyl (C=O) groups excluding carboxylic acids is 2. The highest BCUT2D eigenvalue weighted by Crippen LogP contribution is 2.15. The third-order valence-corrected chi connectivity index (χ3v) is 5.89. The van der Waals surface area contributed by atoms with Gasteiger partial charge >= 0.3 is 0 Å². The van der Waals surface area contributed by atoms with Gasteiger partial charge in [-0.15, -0.1) is 0 Å². The molecule has 6 heteroatoms. The van der Waals surface area contributed by atoms with Crippen molar-refractivity contribution in [1.82, 2.24) is 9.80 Å². The Hall–Kier alpha value is -0.360. The van der Waals surface area contributed by atoms with Crippen LogP contribution in [-0.2, 0) is 0 Å². The summed E-state index contributed by atoms with van der Waals surface area (Å²) in [6, 6.07) is 0. The molecule has 0 aromatic heterocycles. The molecule has 0 radical (unpaired) electrons. The second kappa shape index (κ2) is 17.1. The first-order valence-corrected chi connectivity index (χ1v) is 11.9. The van der Waals surface area contributed by atoms with Crippen LogP contribution in [0.25, 0.3) is 0 Å². The summed E-state index contributed by atoms with van der Waals surface area (Å²) in [7, 11) is 0. The van der Waals surface area contributed by atoms with Gasteiger partial charge in [-0.3, -0.25) is 9.59 Å². The molecule has 1 aliphatic heterocycles. The molecular formula is C19H38N2O2S2. The number of nitrogens with zero attached hydrogens (tertiary/aromatic N) is 2. The third-order valence-electron chi connectivity index (χ3n) is 3.98. The number of hydrogen-bond acceptors (Lipinski definition) is 4. The lowest BCUT2D eigenvalue weighted by Gasteiger charge is -2.19. The van der Waals surface area contributed by atoms with Crippen LogP contribution < -0.4 is 0 Å². The number of amides is 2. The van der Waals surface area contributed by atoms with Crippen molar-refractivity contribution in [2.75, 3.05) is 37.7 Å². The fourth-order valence-electron chi connectivity index (χ4n) is 2.48. The molecule has 0 aromatic rings. The van der Waals surface area contributed by atoms with Gasteiger partial charge in [-0.05, 0) is 38.4 Å². The topological polar surface area (TPSA) is 40.6 Å². The molecule has 1 aliphatic rings. The van der Waals surface area contributed by atoms with E-state index in [9.17, 15) is 9.59 Å². The summed E-state index contributed by atoms with van der Waals surface area (Å²) < 4.78 is 0. The minimum atomic E-state index is 0.248. The number of rotatable bonds is 7. The van der Waals surface area contributed by atoms with Crippen LogP contribution >= 0.6 is 23.5 Å². The highest BCUT2D eigenvalue weighted by molar-refractivity contribution is 8.13. The van der Waals surface area contributed by atoms with Gasteiger partial charge in [0.15, 0.2) is 0 Å². The van der Waals surface area contributed by atoms with E-state index in [0.717, 1.165) is 56.9 Å². The molecule has 1 fully saturated rings. The van der Waals surface area contributed by atoms with Gasteiger partial charge in [-0.2, -0.15) is 0 Å². The third kappa shape index (κ3) is 12.6. The van der Waals surface area contributed by atoms with Gasteiger partial charge < -0.3 is 9.80 Å². The largest absolute Gasteiger partial charge is 0.334 e. The molecule has 1 heterocycles. The molecule has 1 saturated heterocycles. The van der Waals surface area contributed by atoms with Gasteiger partial charge in [0.05, 0.1) is 0 Å². The van der Waals surface area contributed by atoms with Crippen molar-refractivity contribution in [3.63, 3.8) is 0 Å². The van der Waals surface area contributed by atoms with Crippen LogP contribution in [0.2, 0.25) is 0 Å². The van der Waals surface area contributed by atoms with Crippen molar-refractivity contribution in [2.24, 2.45) is 0 Å².